The van der Waals surface area contributed by atoms with E-state index < -0.39 is 399 Å². The van der Waals surface area contributed by atoms with Gasteiger partial charge in [0.25, 0.3) is 23.1 Å². The fraction of sp³-hybridized carbons (Fsp3) is 0.914. The zero-order chi connectivity index (χ0) is 94.5. The molecule has 50 atom stereocenters. The molecular weight excluding hydrogens is 1750 g/mol. The third-order valence-electron chi connectivity index (χ3n) is 23.6. The summed E-state index contributed by atoms with van der Waals surface area (Å²) in [6.07, 6.45) is -105. The second-order valence-corrected chi connectivity index (χ2v) is 32.6. The lowest BCUT2D eigenvalue weighted by Gasteiger charge is -2.54. The van der Waals surface area contributed by atoms with Crippen LogP contribution in [0, 0.1) is 0 Å². The van der Waals surface area contributed by atoms with Gasteiger partial charge in [-0.2, -0.15) is 0 Å². The molecule has 10 saturated heterocycles. The molecule has 57 nitrogen and oxygen atoms in total. The zero-order valence-corrected chi connectivity index (χ0v) is 67.6. The van der Waals surface area contributed by atoms with Crippen LogP contribution in [0.3, 0.4) is 0 Å². The lowest BCUT2D eigenvalue weighted by atomic mass is 9.88. The van der Waals surface area contributed by atoms with Gasteiger partial charge in [0, 0.05) is 32.6 Å². The molecule has 10 aliphatic heterocycles. The van der Waals surface area contributed by atoms with Crippen LogP contribution in [0.15, 0.2) is 0 Å². The first-order chi connectivity index (χ1) is 59.3. The van der Waals surface area contributed by atoms with E-state index in [4.69, 9.17) is 95.7 Å². The number of carboxylic acid groups (broad SMARTS) is 5. The fourth-order valence-electron chi connectivity index (χ4n) is 16.4. The minimum Gasteiger partial charge on any atom is -0.479 e. The molecule has 0 bridgehead atoms. The van der Waals surface area contributed by atoms with Crippen LogP contribution in [-0.4, -0.2) is 527 Å². The summed E-state index contributed by atoms with van der Waals surface area (Å²) >= 11 is 0. The van der Waals surface area contributed by atoms with Gasteiger partial charge in [0.15, 0.2) is 43.8 Å². The van der Waals surface area contributed by atoms with Gasteiger partial charge in [-0.3, -0.25) is 4.79 Å². The second kappa shape index (κ2) is 41.9. The van der Waals surface area contributed by atoms with E-state index in [9.17, 15) is 182 Å². The molecule has 10 aliphatic rings. The minimum absolute atomic E-state index is 0.899. The molecule has 0 aromatic rings. The van der Waals surface area contributed by atoms with Crippen LogP contribution in [0.2, 0.25) is 0 Å². The average Bonchev–Trinajstić information content (AvgIpc) is 0.728. The van der Waals surface area contributed by atoms with Crippen molar-refractivity contribution in [2.75, 3.05) is 33.0 Å². The number of aliphatic hydroxyl groups excluding tert-OH is 24. The molecule has 0 unspecified atom stereocenters. The number of amides is 1. The maximum Gasteiger partial charge on any atom is 0.364 e. The van der Waals surface area contributed by atoms with Gasteiger partial charge in [-0.15, -0.1) is 0 Å². The number of nitrogens with two attached hydrogens (primary N) is 1. The van der Waals surface area contributed by atoms with E-state index in [-0.39, 0.29) is 0 Å². The zero-order valence-electron chi connectivity index (χ0n) is 67.6. The summed E-state index contributed by atoms with van der Waals surface area (Å²) in [6.45, 7) is -1.33. The van der Waals surface area contributed by atoms with Gasteiger partial charge in [0.05, 0.1) is 87.9 Å². The minimum atomic E-state index is -4.03. The van der Waals surface area contributed by atoms with Crippen molar-refractivity contribution < 1.29 is 272 Å². The number of aliphatic hydroxyl groups is 25. The first-order valence-electron chi connectivity index (χ1n) is 39.8. The summed E-state index contributed by atoms with van der Waals surface area (Å²) in [7, 11) is 0. The predicted molar refractivity (Wildman–Crippen MR) is 383 cm³/mol. The van der Waals surface area contributed by atoms with E-state index in [1.54, 1.807) is 0 Å². The molecule has 0 aliphatic carbocycles. The van der Waals surface area contributed by atoms with E-state index in [1.807, 2.05) is 0 Å². The van der Waals surface area contributed by atoms with Crippen LogP contribution in [0.1, 0.15) is 60.3 Å². The molecule has 0 aromatic carbocycles. The monoisotopic (exact) mass is 1860 g/mol. The SMILES string of the molecule is CC(=O)N[C@H]1[C@@H](O[C@H]2[C@H](O)[C@@H](N)[C@H](O[C@@H]3C[C@](O[C@H]4[C@@H]([C@H](O)CO)O[C@@](O)(C(=O)O)C[C@H]4O[C@]4(C(=O)O)C[C@@H](O)[C@@H](O)[C@@H]([C@H](O)CO)O4)(C(=O)O)O[C@H]([C@H](O)CO)[C@@H]3O[C@]3(C(=O)O)C[C@@H](O)[C@@H](O)[C@@H]([C@H](O)CO[C@@H]4O[C@@H](C)[C@H](O)[C@@H](O[C@@H]5O[C@@H](C)[C@H](O)[C@@H](O[C@@H]6O[C@@H](C)[C@H](O)[C@@H](O[C@@H]7O[C@@H](C)[C@H](O)[C@@H](O)[C@H]7O)[C@H]6O)[C@H]5O)[C@H]4O)O3)O[C@@H]2C(=O)O)O[C@H](CO)[C@@H](O)[C@@H]1O. The third kappa shape index (κ3) is 21.4. The van der Waals surface area contributed by atoms with Gasteiger partial charge >= 0.3 is 29.8 Å². The quantitative estimate of drug-likeness (QED) is 0.0290. The van der Waals surface area contributed by atoms with Gasteiger partial charge in [-0.05, 0) is 27.7 Å². The Kier molecular flexibility index (Phi) is 34.3. The standard InChI is InChI=1S/C70H112N2O55/c1-15-31(84)40(93)41(94)60(111-15)116-52-33(86)17(3)113-62(43(52)96)118-53-34(87)18(4)112-61(44(53)97)117-51-32(85)16(2)110-59(42(51)95)109-14-25(83)46-36(89)21(79)7-69(124-46,65(104)105)126-49-26(114-57-29(71)38(91)54(55(120-57)56(98)99)119-58-30(72-19(5)77)39(92)37(90)28(13-76)115-58)9-70(66(106)107,125-48(49)24(82)12-75)127-50-27(8-67(108,63(100)101)122-47(50)23(81)11-74)121-68(64(102)103)6-20(78)35(88)45(123-68)22(80)10-73/h15-18,20-55,57-62,73-76,78-97,108H,6-14,71H2,1-5H3,(H,72,77)(H,98,99)(H,100,101)(H,102,103)(H,104,105)(H,106,107)/t15-,16-,17-,18-,20+,21+,22+,23+,24+,25+,26+,27+,28+,29+,30+,31-,32-,33-,34-,35+,36+,37+,38+,39+,40+,41+,42+,43+,44+,45+,46+,47+,48+,49+,50+,51+,52+,53+,54-,55-,57+,58+,59+,60-,61-,62-,67+,68+,69-,70-/m0/s1. The molecule has 732 valence electrons. The maximum atomic E-state index is 14.5. The van der Waals surface area contributed by atoms with Crippen molar-refractivity contribution in [3.8, 4) is 0 Å². The highest BCUT2D eigenvalue weighted by Crippen LogP contribution is 2.48. The fourth-order valence-corrected chi connectivity index (χ4v) is 16.4. The van der Waals surface area contributed by atoms with Crippen LogP contribution in [-0.2, 0) is 119 Å². The number of hydrogen-bond donors (Lipinski definition) is 32. The molecule has 10 rings (SSSR count). The highest BCUT2D eigenvalue weighted by Gasteiger charge is 2.68. The van der Waals surface area contributed by atoms with Crippen molar-refractivity contribution in [3.63, 3.8) is 0 Å². The summed E-state index contributed by atoms with van der Waals surface area (Å²) in [5.41, 5.74) is 6.54. The lowest BCUT2D eigenvalue weighted by molar-refractivity contribution is -0.417. The topological polar surface area (TPSA) is 923 Å². The van der Waals surface area contributed by atoms with E-state index in [0.717, 1.165) is 13.8 Å². The molecule has 33 N–H and O–H groups in total. The van der Waals surface area contributed by atoms with Crippen molar-refractivity contribution >= 4 is 35.8 Å². The number of nitrogens with one attached hydrogen (secondary N) is 1. The third-order valence-corrected chi connectivity index (χ3v) is 23.6. The van der Waals surface area contributed by atoms with Crippen molar-refractivity contribution in [3.05, 3.63) is 0 Å². The first-order valence-corrected chi connectivity index (χ1v) is 39.8. The largest absolute Gasteiger partial charge is 0.479 e. The smallest absolute Gasteiger partial charge is 0.364 e. The van der Waals surface area contributed by atoms with Gasteiger partial charge in [0.2, 0.25) is 5.91 Å². The summed E-state index contributed by atoms with van der Waals surface area (Å²) in [5.74, 6) is -28.3. The number of rotatable bonds is 33. The average molecular weight is 1860 g/mol. The van der Waals surface area contributed by atoms with E-state index in [0.29, 0.717) is 0 Å². The normalized spacial score (nSPS) is 49.3. The number of carbonyl (C=O) groups excluding carboxylic acids is 1. The van der Waals surface area contributed by atoms with Crippen LogP contribution in [0.25, 0.3) is 0 Å². The molecule has 1 amide bonds. The molecule has 0 spiro atoms. The highest BCUT2D eigenvalue weighted by atomic mass is 16.8. The molecule has 127 heavy (non-hydrogen) atoms. The van der Waals surface area contributed by atoms with Crippen LogP contribution in [0.5, 0.6) is 0 Å². The summed E-state index contributed by atoms with van der Waals surface area (Å²) in [5, 5.41) is 336. The summed E-state index contributed by atoms with van der Waals surface area (Å²) in [6, 6.07) is -4.31. The van der Waals surface area contributed by atoms with Gasteiger partial charge in [0.1, 0.15) is 183 Å². The van der Waals surface area contributed by atoms with Gasteiger partial charge < -0.3 is 254 Å². The van der Waals surface area contributed by atoms with Crippen molar-refractivity contribution in [2.45, 2.75) is 365 Å². The lowest BCUT2D eigenvalue weighted by Crippen LogP contribution is -2.72. The first kappa shape index (κ1) is 104. The Bertz CT molecular complexity index is 3670. The maximum absolute atomic E-state index is 14.5. The van der Waals surface area contributed by atoms with Crippen molar-refractivity contribution in [1.29, 1.82) is 0 Å². The molecule has 10 fully saturated rings. The Labute approximate surface area is 715 Å². The Morgan fingerprint density at radius 3 is 1.24 bits per heavy atom. The Balaban J connectivity index is 0.968. The molecule has 0 radical (unpaired) electrons. The van der Waals surface area contributed by atoms with E-state index in [1.165, 1.54) is 20.8 Å². The number of hydrogen-bond acceptors (Lipinski definition) is 51. The second-order valence-electron chi connectivity index (χ2n) is 32.6. The summed E-state index contributed by atoms with van der Waals surface area (Å²) < 4.78 is 110. The van der Waals surface area contributed by atoms with Crippen molar-refractivity contribution in [2.24, 2.45) is 5.73 Å². The summed E-state index contributed by atoms with van der Waals surface area (Å²) in [4.78, 5) is 81.1. The molecule has 10 heterocycles. The number of carboxylic acids is 5. The van der Waals surface area contributed by atoms with Crippen LogP contribution >= 0.6 is 0 Å². The Morgan fingerprint density at radius 1 is 0.386 bits per heavy atom. The van der Waals surface area contributed by atoms with Gasteiger partial charge in [-0.1, -0.05) is 0 Å². The number of ether oxygens (including phenoxy) is 19. The number of aliphatic carboxylic acids is 5. The van der Waals surface area contributed by atoms with Crippen LogP contribution in [0.4, 0.5) is 0 Å². The van der Waals surface area contributed by atoms with Crippen molar-refractivity contribution in [1.82, 2.24) is 5.32 Å². The highest BCUT2D eigenvalue weighted by molar-refractivity contribution is 5.78. The van der Waals surface area contributed by atoms with E-state index >= 15 is 0 Å². The molecular formula is C70H112N2O55. The van der Waals surface area contributed by atoms with E-state index in [2.05, 4.69) is 5.32 Å². The predicted octanol–water partition coefficient (Wildman–Crippen LogP) is -19.1. The Hall–Kier alpha value is -4.98. The molecule has 0 aromatic heterocycles. The Morgan fingerprint density at radius 2 is 0.787 bits per heavy atom. The van der Waals surface area contributed by atoms with Crippen LogP contribution < -0.4 is 11.1 Å². The number of carbonyl (C=O) groups is 6. The van der Waals surface area contributed by atoms with Gasteiger partial charge in [-0.25, -0.2) is 24.0 Å². The molecule has 0 saturated carbocycles. The molecule has 57 heteroatoms.